The molecule has 27 heavy (non-hydrogen) atoms. The van der Waals surface area contributed by atoms with Crippen molar-refractivity contribution >= 4 is 29.0 Å². The van der Waals surface area contributed by atoms with E-state index in [9.17, 15) is 19.7 Å². The molecule has 136 valence electrons. The molecule has 9 nitrogen and oxygen atoms in total. The van der Waals surface area contributed by atoms with Crippen molar-refractivity contribution in [3.63, 3.8) is 0 Å². The summed E-state index contributed by atoms with van der Waals surface area (Å²) in [6.07, 6.45) is 0. The third kappa shape index (κ3) is 2.97. The van der Waals surface area contributed by atoms with E-state index >= 15 is 0 Å². The van der Waals surface area contributed by atoms with Crippen LogP contribution in [0.25, 0.3) is 0 Å². The molecule has 0 aliphatic carbocycles. The molecule has 1 aromatic heterocycles. The van der Waals surface area contributed by atoms with E-state index in [2.05, 4.69) is 5.10 Å². The third-order valence-corrected chi connectivity index (χ3v) is 4.46. The van der Waals surface area contributed by atoms with Crippen LogP contribution in [0.1, 0.15) is 11.4 Å². The highest BCUT2D eigenvalue weighted by Gasteiger charge is 2.33. The molecule has 1 amide bonds. The molecule has 0 spiro atoms. The highest BCUT2D eigenvalue weighted by molar-refractivity contribution is 6.30. The van der Waals surface area contributed by atoms with Crippen molar-refractivity contribution in [1.29, 1.82) is 0 Å². The lowest BCUT2D eigenvalue weighted by Gasteiger charge is -2.15. The number of carbonyl (C=O) groups is 1. The van der Waals surface area contributed by atoms with Gasteiger partial charge in [0.05, 0.1) is 18.0 Å². The molecule has 0 bridgehead atoms. The number of anilines is 1. The van der Waals surface area contributed by atoms with E-state index in [1.807, 2.05) is 0 Å². The molecular weight excluding hydrogens is 374 g/mol. The maximum atomic E-state index is 12.6. The van der Waals surface area contributed by atoms with Gasteiger partial charge in [-0.05, 0) is 23.8 Å². The largest absolute Gasteiger partial charge is 0.354 e. The van der Waals surface area contributed by atoms with Crippen LogP contribution in [0.2, 0.25) is 5.02 Å². The molecule has 0 atom stereocenters. The van der Waals surface area contributed by atoms with E-state index in [1.165, 1.54) is 21.7 Å². The summed E-state index contributed by atoms with van der Waals surface area (Å²) in [6, 6.07) is 12.1. The Kier molecular flexibility index (Phi) is 4.00. The Morgan fingerprint density at radius 2 is 1.89 bits per heavy atom. The molecule has 0 saturated carbocycles. The fourth-order valence-electron chi connectivity index (χ4n) is 2.92. The van der Waals surface area contributed by atoms with Crippen molar-refractivity contribution in [1.82, 2.24) is 14.3 Å². The van der Waals surface area contributed by atoms with E-state index in [0.717, 1.165) is 4.57 Å². The molecule has 0 unspecified atom stereocenters. The van der Waals surface area contributed by atoms with Gasteiger partial charge in [0.15, 0.2) is 5.82 Å². The summed E-state index contributed by atoms with van der Waals surface area (Å²) in [5.74, 6) is 0.326. The first-order valence-electron chi connectivity index (χ1n) is 7.93. The Labute approximate surface area is 157 Å². The van der Waals surface area contributed by atoms with E-state index in [1.54, 1.807) is 36.4 Å². The predicted octanol–water partition coefficient (Wildman–Crippen LogP) is 2.64. The Hall–Kier alpha value is -3.46. The number of hydrogen-bond donors (Lipinski definition) is 0. The molecule has 0 saturated heterocycles. The fourth-order valence-corrected chi connectivity index (χ4v) is 3.11. The van der Waals surface area contributed by atoms with Gasteiger partial charge in [0.1, 0.15) is 0 Å². The van der Waals surface area contributed by atoms with Gasteiger partial charge in [0, 0.05) is 22.8 Å². The van der Waals surface area contributed by atoms with E-state index in [4.69, 9.17) is 11.6 Å². The van der Waals surface area contributed by atoms with Crippen molar-refractivity contribution in [2.75, 3.05) is 4.90 Å². The predicted molar refractivity (Wildman–Crippen MR) is 97.1 cm³/mol. The van der Waals surface area contributed by atoms with Crippen molar-refractivity contribution < 1.29 is 9.72 Å². The lowest BCUT2D eigenvalue weighted by Crippen LogP contribution is -2.35. The summed E-state index contributed by atoms with van der Waals surface area (Å²) in [6.45, 7) is 0.267. The summed E-state index contributed by atoms with van der Waals surface area (Å²) >= 11 is 5.97. The fraction of sp³-hybridized carbons (Fsp3) is 0.118. The first-order valence-corrected chi connectivity index (χ1v) is 8.31. The molecule has 0 fully saturated rings. The van der Waals surface area contributed by atoms with E-state index in [0.29, 0.717) is 22.1 Å². The number of hydrogen-bond acceptors (Lipinski definition) is 5. The van der Waals surface area contributed by atoms with E-state index < -0.39 is 16.6 Å². The van der Waals surface area contributed by atoms with Crippen LogP contribution in [0.4, 0.5) is 16.2 Å². The number of nitrogens with zero attached hydrogens (tertiary/aromatic N) is 5. The molecule has 0 radical (unpaired) electrons. The minimum Gasteiger partial charge on any atom is -0.286 e. The van der Waals surface area contributed by atoms with Crippen molar-refractivity contribution in [3.8, 4) is 0 Å². The normalized spacial score (nSPS) is 13.1. The zero-order valence-corrected chi connectivity index (χ0v) is 14.5. The first kappa shape index (κ1) is 17.0. The molecule has 10 heteroatoms. The Morgan fingerprint density at radius 3 is 2.52 bits per heavy atom. The lowest BCUT2D eigenvalue weighted by atomic mass is 10.2. The van der Waals surface area contributed by atoms with Gasteiger partial charge >= 0.3 is 11.7 Å². The number of benzene rings is 2. The maximum absolute atomic E-state index is 12.6. The number of carbonyl (C=O) groups excluding carboxylic acids is 1. The van der Waals surface area contributed by atoms with Gasteiger partial charge in [-0.15, -0.1) is 0 Å². The minimum atomic E-state index is -0.558. The average molecular weight is 386 g/mol. The lowest BCUT2D eigenvalue weighted by molar-refractivity contribution is -0.384. The Balaban J connectivity index is 1.60. The number of nitro benzene ring substituents is 1. The zero-order valence-electron chi connectivity index (χ0n) is 13.8. The van der Waals surface area contributed by atoms with Gasteiger partial charge in [0.2, 0.25) is 0 Å². The molecular formula is C17H12ClN5O4. The monoisotopic (exact) mass is 385 g/mol. The van der Waals surface area contributed by atoms with Crippen LogP contribution < -0.4 is 10.6 Å². The van der Waals surface area contributed by atoms with Crippen LogP contribution in [0.5, 0.6) is 0 Å². The second-order valence-corrected chi connectivity index (χ2v) is 6.40. The van der Waals surface area contributed by atoms with Crippen LogP contribution in [0.3, 0.4) is 0 Å². The minimum absolute atomic E-state index is 0.0363. The highest BCUT2D eigenvalue weighted by atomic mass is 35.5. The smallest absolute Gasteiger partial charge is 0.286 e. The van der Waals surface area contributed by atoms with Gasteiger partial charge in [-0.2, -0.15) is 9.67 Å². The summed E-state index contributed by atoms with van der Waals surface area (Å²) in [4.78, 5) is 36.8. The Bertz CT molecular complexity index is 1120. The second kappa shape index (κ2) is 6.36. The second-order valence-electron chi connectivity index (χ2n) is 5.96. The SMILES string of the molecule is O=C1N(c2cccc(Cl)c2)Cc2nn(Cc3ccc([N+](=O)[O-])cc3)c(=O)n21. The summed E-state index contributed by atoms with van der Waals surface area (Å²) in [5, 5.41) is 15.4. The van der Waals surface area contributed by atoms with Crippen LogP contribution >= 0.6 is 11.6 Å². The maximum Gasteiger partial charge on any atom is 0.354 e. The number of aromatic nitrogens is 3. The van der Waals surface area contributed by atoms with Crippen molar-refractivity contribution in [3.05, 3.63) is 85.5 Å². The molecule has 2 heterocycles. The van der Waals surface area contributed by atoms with Crippen molar-refractivity contribution in [2.24, 2.45) is 0 Å². The number of nitro groups is 1. The molecule has 2 aromatic carbocycles. The van der Waals surface area contributed by atoms with E-state index in [-0.39, 0.29) is 18.8 Å². The van der Waals surface area contributed by atoms with Crippen LogP contribution in [0, 0.1) is 10.1 Å². The van der Waals surface area contributed by atoms with Gasteiger partial charge in [0.25, 0.3) is 5.69 Å². The number of amides is 1. The zero-order chi connectivity index (χ0) is 19.1. The van der Waals surface area contributed by atoms with Gasteiger partial charge in [-0.3, -0.25) is 15.0 Å². The average Bonchev–Trinajstić information content (AvgIpc) is 3.12. The number of rotatable bonds is 4. The summed E-state index contributed by atoms with van der Waals surface area (Å²) in [5.41, 5.74) is 0.654. The van der Waals surface area contributed by atoms with Gasteiger partial charge in [-0.1, -0.05) is 29.8 Å². The molecule has 3 aromatic rings. The van der Waals surface area contributed by atoms with Crippen LogP contribution in [-0.4, -0.2) is 25.3 Å². The molecule has 4 rings (SSSR count). The third-order valence-electron chi connectivity index (χ3n) is 4.23. The molecule has 0 N–H and O–H groups in total. The highest BCUT2D eigenvalue weighted by Crippen LogP contribution is 2.25. The topological polar surface area (TPSA) is 103 Å². The van der Waals surface area contributed by atoms with Crippen LogP contribution in [-0.2, 0) is 13.1 Å². The standard InChI is InChI=1S/C17H12ClN5O4/c18-12-2-1-3-14(8-12)20-10-15-19-21(17(25)22(15)16(20)24)9-11-4-6-13(7-5-11)23(26)27/h1-8H,9-10H2. The molecule has 1 aliphatic rings. The number of non-ortho nitro benzene ring substituents is 1. The summed E-state index contributed by atoms with van der Waals surface area (Å²) < 4.78 is 2.19. The van der Waals surface area contributed by atoms with Gasteiger partial charge < -0.3 is 0 Å². The number of fused-ring (bicyclic) bond motifs is 1. The van der Waals surface area contributed by atoms with Crippen LogP contribution in [0.15, 0.2) is 53.3 Å². The van der Waals surface area contributed by atoms with Crippen molar-refractivity contribution in [2.45, 2.75) is 13.1 Å². The van der Waals surface area contributed by atoms with Gasteiger partial charge in [-0.25, -0.2) is 14.3 Å². The summed E-state index contributed by atoms with van der Waals surface area (Å²) in [7, 11) is 0. The number of halogens is 1. The molecule has 1 aliphatic heterocycles. The quantitative estimate of drug-likeness (QED) is 0.507. The Morgan fingerprint density at radius 1 is 1.15 bits per heavy atom. The first-order chi connectivity index (χ1) is 12.9.